The molecule has 1 aliphatic heterocycles. The molecule has 20 heavy (non-hydrogen) atoms. The Morgan fingerprint density at radius 2 is 2.35 bits per heavy atom. The highest BCUT2D eigenvalue weighted by Crippen LogP contribution is 2.30. The van der Waals surface area contributed by atoms with E-state index < -0.39 is 0 Å². The Morgan fingerprint density at radius 3 is 3.10 bits per heavy atom. The molecule has 1 unspecified atom stereocenters. The minimum Gasteiger partial charge on any atom is -0.334 e. The van der Waals surface area contributed by atoms with E-state index in [0.717, 1.165) is 19.6 Å². The summed E-state index contributed by atoms with van der Waals surface area (Å²) in [6.45, 7) is 2.61. The molecule has 2 heterocycles. The number of piperazine rings is 1. The highest BCUT2D eigenvalue weighted by Gasteiger charge is 2.26. The summed E-state index contributed by atoms with van der Waals surface area (Å²) < 4.78 is 19.7. The molecule has 0 amide bonds. The Kier molecular flexibility index (Phi) is 3.82. The number of benzene rings is 1. The van der Waals surface area contributed by atoms with Crippen molar-refractivity contribution < 1.29 is 8.91 Å². The number of hydrogen-bond acceptors (Lipinski definition) is 5. The fourth-order valence-electron chi connectivity index (χ4n) is 2.27. The van der Waals surface area contributed by atoms with Crippen LogP contribution in [0.25, 0.3) is 11.5 Å². The average molecular weight is 341 g/mol. The first-order chi connectivity index (χ1) is 9.66. The van der Waals surface area contributed by atoms with Gasteiger partial charge in [0, 0.05) is 24.1 Å². The predicted octanol–water partition coefficient (Wildman–Crippen LogP) is 2.21. The molecular formula is C13H14BrFN4O. The standard InChI is InChI=1S/C13H14BrFN4O/c1-19-6-5-16-7-10(19)12-17-13(20-18-12)11-8(14)3-2-4-9(11)15/h2-4,10,16H,5-7H2,1H3. The topological polar surface area (TPSA) is 54.2 Å². The van der Waals surface area contributed by atoms with Gasteiger partial charge < -0.3 is 9.84 Å². The van der Waals surface area contributed by atoms with Crippen LogP contribution in [-0.4, -0.2) is 41.7 Å². The lowest BCUT2D eigenvalue weighted by Crippen LogP contribution is -2.44. The van der Waals surface area contributed by atoms with E-state index in [2.05, 4.69) is 36.3 Å². The maximum atomic E-state index is 13.9. The highest BCUT2D eigenvalue weighted by molar-refractivity contribution is 9.10. The number of hydrogen-bond donors (Lipinski definition) is 1. The predicted molar refractivity (Wildman–Crippen MR) is 75.6 cm³/mol. The number of nitrogens with zero attached hydrogens (tertiary/aromatic N) is 3. The number of nitrogens with one attached hydrogen (secondary N) is 1. The van der Waals surface area contributed by atoms with Crippen molar-refractivity contribution in [3.63, 3.8) is 0 Å². The molecular weight excluding hydrogens is 327 g/mol. The van der Waals surface area contributed by atoms with Gasteiger partial charge in [0.25, 0.3) is 5.89 Å². The van der Waals surface area contributed by atoms with Crippen LogP contribution in [0.3, 0.4) is 0 Å². The van der Waals surface area contributed by atoms with Crippen molar-refractivity contribution in [3.05, 3.63) is 34.3 Å². The summed E-state index contributed by atoms with van der Waals surface area (Å²) in [7, 11) is 2.01. The molecule has 2 aromatic rings. The maximum Gasteiger partial charge on any atom is 0.262 e. The van der Waals surface area contributed by atoms with Crippen LogP contribution >= 0.6 is 15.9 Å². The summed E-state index contributed by atoms with van der Waals surface area (Å²) in [6.07, 6.45) is 0. The summed E-state index contributed by atoms with van der Waals surface area (Å²) in [4.78, 5) is 6.50. The third-order valence-electron chi connectivity index (χ3n) is 3.43. The molecule has 0 spiro atoms. The SMILES string of the molecule is CN1CCNCC1c1noc(-c2c(F)cccc2Br)n1. The zero-order valence-corrected chi connectivity index (χ0v) is 12.5. The normalized spacial score (nSPS) is 20.2. The fourth-order valence-corrected chi connectivity index (χ4v) is 2.78. The van der Waals surface area contributed by atoms with Gasteiger partial charge in [-0.05, 0) is 35.1 Å². The van der Waals surface area contributed by atoms with E-state index in [9.17, 15) is 4.39 Å². The summed E-state index contributed by atoms with van der Waals surface area (Å²) in [5.74, 6) is 0.388. The van der Waals surface area contributed by atoms with Crippen molar-refractivity contribution in [2.24, 2.45) is 0 Å². The lowest BCUT2D eigenvalue weighted by molar-refractivity contribution is 0.190. The Balaban J connectivity index is 1.94. The Labute approximate surface area is 124 Å². The highest BCUT2D eigenvalue weighted by atomic mass is 79.9. The third kappa shape index (κ3) is 2.48. The molecule has 106 valence electrons. The number of likely N-dealkylation sites (N-methyl/N-ethyl adjacent to an activating group) is 1. The second-order valence-electron chi connectivity index (χ2n) is 4.75. The van der Waals surface area contributed by atoms with Crippen LogP contribution in [0.1, 0.15) is 11.9 Å². The second-order valence-corrected chi connectivity index (χ2v) is 5.61. The van der Waals surface area contributed by atoms with E-state index in [4.69, 9.17) is 4.52 Å². The van der Waals surface area contributed by atoms with Crippen molar-refractivity contribution in [3.8, 4) is 11.5 Å². The van der Waals surface area contributed by atoms with E-state index in [-0.39, 0.29) is 17.7 Å². The summed E-state index contributed by atoms with van der Waals surface area (Å²) in [5.41, 5.74) is 0.303. The molecule has 7 heteroatoms. The van der Waals surface area contributed by atoms with Crippen molar-refractivity contribution in [1.82, 2.24) is 20.4 Å². The van der Waals surface area contributed by atoms with E-state index >= 15 is 0 Å². The van der Waals surface area contributed by atoms with Crippen molar-refractivity contribution in [2.75, 3.05) is 26.7 Å². The molecule has 1 aromatic heterocycles. The first-order valence-corrected chi connectivity index (χ1v) is 7.15. The van der Waals surface area contributed by atoms with Gasteiger partial charge in [-0.15, -0.1) is 0 Å². The Bertz CT molecular complexity index is 598. The van der Waals surface area contributed by atoms with Crippen molar-refractivity contribution in [1.29, 1.82) is 0 Å². The molecule has 0 bridgehead atoms. The Morgan fingerprint density at radius 1 is 1.50 bits per heavy atom. The summed E-state index contributed by atoms with van der Waals surface area (Å²) in [6, 6.07) is 4.79. The minimum absolute atomic E-state index is 0.0480. The molecule has 1 saturated heterocycles. The van der Waals surface area contributed by atoms with E-state index in [1.165, 1.54) is 6.07 Å². The van der Waals surface area contributed by atoms with Crippen LogP contribution in [0.15, 0.2) is 27.2 Å². The largest absolute Gasteiger partial charge is 0.334 e. The average Bonchev–Trinajstić information content (AvgIpc) is 2.88. The monoisotopic (exact) mass is 340 g/mol. The van der Waals surface area contributed by atoms with Gasteiger partial charge in [0.2, 0.25) is 0 Å². The maximum absolute atomic E-state index is 13.9. The van der Waals surface area contributed by atoms with Crippen molar-refractivity contribution >= 4 is 15.9 Å². The molecule has 1 atom stereocenters. The Hall–Kier alpha value is -1.31. The lowest BCUT2D eigenvalue weighted by Gasteiger charge is -2.30. The van der Waals surface area contributed by atoms with E-state index in [0.29, 0.717) is 15.9 Å². The van der Waals surface area contributed by atoms with E-state index in [1.807, 2.05) is 7.05 Å². The molecule has 0 aliphatic carbocycles. The fraction of sp³-hybridized carbons (Fsp3) is 0.385. The number of rotatable bonds is 2. The van der Waals surface area contributed by atoms with Crippen LogP contribution in [0.2, 0.25) is 0 Å². The van der Waals surface area contributed by atoms with Gasteiger partial charge in [0.15, 0.2) is 5.82 Å². The number of halogens is 2. The van der Waals surface area contributed by atoms with Gasteiger partial charge >= 0.3 is 0 Å². The third-order valence-corrected chi connectivity index (χ3v) is 4.09. The lowest BCUT2D eigenvalue weighted by atomic mass is 10.2. The molecule has 5 nitrogen and oxygen atoms in total. The van der Waals surface area contributed by atoms with Crippen molar-refractivity contribution in [2.45, 2.75) is 6.04 Å². The van der Waals surface area contributed by atoms with E-state index in [1.54, 1.807) is 12.1 Å². The van der Waals surface area contributed by atoms with Crippen LogP contribution in [0, 0.1) is 5.82 Å². The van der Waals surface area contributed by atoms with Crippen LogP contribution in [-0.2, 0) is 0 Å². The van der Waals surface area contributed by atoms with Gasteiger partial charge in [0.05, 0.1) is 11.6 Å². The molecule has 0 saturated carbocycles. The zero-order chi connectivity index (χ0) is 14.1. The minimum atomic E-state index is -0.385. The second kappa shape index (κ2) is 5.59. The molecule has 1 N–H and O–H groups in total. The first kappa shape index (κ1) is 13.7. The smallest absolute Gasteiger partial charge is 0.262 e. The van der Waals surface area contributed by atoms with Crippen LogP contribution in [0.4, 0.5) is 4.39 Å². The molecule has 3 rings (SSSR count). The van der Waals surface area contributed by atoms with Crippen LogP contribution < -0.4 is 5.32 Å². The summed E-state index contributed by atoms with van der Waals surface area (Å²) >= 11 is 3.31. The first-order valence-electron chi connectivity index (χ1n) is 6.36. The van der Waals surface area contributed by atoms with Gasteiger partial charge in [-0.3, -0.25) is 4.90 Å². The zero-order valence-electron chi connectivity index (χ0n) is 10.9. The quantitative estimate of drug-likeness (QED) is 0.908. The number of aromatic nitrogens is 2. The van der Waals surface area contributed by atoms with Gasteiger partial charge in [0.1, 0.15) is 5.82 Å². The van der Waals surface area contributed by atoms with Crippen LogP contribution in [0.5, 0.6) is 0 Å². The molecule has 1 aliphatic rings. The molecule has 1 fully saturated rings. The molecule has 0 radical (unpaired) electrons. The van der Waals surface area contributed by atoms with Gasteiger partial charge in [-0.2, -0.15) is 4.98 Å². The molecule has 1 aromatic carbocycles. The van der Waals surface area contributed by atoms with Gasteiger partial charge in [-0.25, -0.2) is 4.39 Å². The van der Waals surface area contributed by atoms with Gasteiger partial charge in [-0.1, -0.05) is 11.2 Å². The summed E-state index contributed by atoms with van der Waals surface area (Å²) in [5, 5.41) is 7.28.